The third-order valence-corrected chi connectivity index (χ3v) is 3.15. The number of aromatic nitrogens is 1. The van der Waals surface area contributed by atoms with Crippen molar-refractivity contribution in [1.82, 2.24) is 4.98 Å². The number of hydrogen-bond acceptors (Lipinski definition) is 5. The Kier molecular flexibility index (Phi) is 5.48. The van der Waals surface area contributed by atoms with Crippen LogP contribution in [-0.2, 0) is 9.63 Å². The molecule has 1 aromatic carbocycles. The highest BCUT2D eigenvalue weighted by Crippen LogP contribution is 2.17. The smallest absolute Gasteiger partial charge is 0.374 e. The number of nitrogens with two attached hydrogens (primary N) is 1. The Morgan fingerprint density at radius 3 is 2.64 bits per heavy atom. The first kappa shape index (κ1) is 16.0. The summed E-state index contributed by atoms with van der Waals surface area (Å²) in [5.74, 6) is -0.0825. The van der Waals surface area contributed by atoms with Gasteiger partial charge in [0.2, 0.25) is 0 Å². The van der Waals surface area contributed by atoms with Gasteiger partial charge in [-0.15, -0.1) is 0 Å². The van der Waals surface area contributed by atoms with E-state index in [-0.39, 0.29) is 5.84 Å². The number of amidine groups is 1. The second kappa shape index (κ2) is 7.56. The van der Waals surface area contributed by atoms with Gasteiger partial charge < -0.3 is 15.3 Å². The molecule has 22 heavy (non-hydrogen) atoms. The van der Waals surface area contributed by atoms with Crippen LogP contribution in [0.4, 0.5) is 0 Å². The number of hydrogen-bond donors (Lipinski definition) is 1. The molecule has 0 fully saturated rings. The Hall–Kier alpha value is -2.41. The molecule has 0 saturated heterocycles. The van der Waals surface area contributed by atoms with E-state index < -0.39 is 12.1 Å². The van der Waals surface area contributed by atoms with Gasteiger partial charge in [-0.2, -0.15) is 0 Å². The summed E-state index contributed by atoms with van der Waals surface area (Å²) in [6.45, 7) is 1.57. The van der Waals surface area contributed by atoms with Gasteiger partial charge in [0.1, 0.15) is 11.4 Å². The van der Waals surface area contributed by atoms with Crippen molar-refractivity contribution < 1.29 is 14.4 Å². The second-order valence-electron chi connectivity index (χ2n) is 4.32. The molecule has 7 heteroatoms. The summed E-state index contributed by atoms with van der Waals surface area (Å²) in [6.07, 6.45) is 0.750. The lowest BCUT2D eigenvalue weighted by Gasteiger charge is -2.11. The van der Waals surface area contributed by atoms with E-state index in [9.17, 15) is 4.79 Å². The van der Waals surface area contributed by atoms with Gasteiger partial charge in [-0.05, 0) is 43.3 Å². The summed E-state index contributed by atoms with van der Waals surface area (Å²) in [5.41, 5.74) is 6.10. The van der Waals surface area contributed by atoms with Gasteiger partial charge in [0, 0.05) is 10.7 Å². The standard InChI is InChI=1S/C15H14BrN3O3/c1-10(21-12-7-5-11(16)6-8-12)15(20)22-19-14(17)13-4-2-3-9-18-13/h2-10H,1H3,(H2,17,19)/t10-/m1/s1. The average Bonchev–Trinajstić information content (AvgIpc) is 2.55. The fourth-order valence-corrected chi connectivity index (χ4v) is 1.76. The van der Waals surface area contributed by atoms with Crippen LogP contribution in [0, 0.1) is 0 Å². The van der Waals surface area contributed by atoms with E-state index in [2.05, 4.69) is 26.1 Å². The quantitative estimate of drug-likeness (QED) is 0.381. The molecule has 0 unspecified atom stereocenters. The SMILES string of the molecule is C[C@@H](Oc1ccc(Br)cc1)C(=O)O/N=C(/N)c1ccccn1. The summed E-state index contributed by atoms with van der Waals surface area (Å²) in [6, 6.07) is 12.3. The molecule has 2 rings (SSSR count). The summed E-state index contributed by atoms with van der Waals surface area (Å²) in [7, 11) is 0. The zero-order valence-corrected chi connectivity index (χ0v) is 13.4. The molecule has 0 aliphatic rings. The van der Waals surface area contributed by atoms with Crippen molar-refractivity contribution in [1.29, 1.82) is 0 Å². The fraction of sp³-hybridized carbons (Fsp3) is 0.133. The predicted molar refractivity (Wildman–Crippen MR) is 85.3 cm³/mol. The van der Waals surface area contributed by atoms with Crippen LogP contribution in [0.3, 0.4) is 0 Å². The Bertz CT molecular complexity index is 659. The van der Waals surface area contributed by atoms with Gasteiger partial charge in [0.25, 0.3) is 0 Å². The van der Waals surface area contributed by atoms with Gasteiger partial charge in [0.15, 0.2) is 11.9 Å². The maximum atomic E-state index is 11.8. The van der Waals surface area contributed by atoms with Crippen molar-refractivity contribution in [3.63, 3.8) is 0 Å². The number of carbonyl (C=O) groups excluding carboxylic acids is 1. The molecule has 0 spiro atoms. The summed E-state index contributed by atoms with van der Waals surface area (Å²) >= 11 is 3.32. The molecule has 114 valence electrons. The monoisotopic (exact) mass is 363 g/mol. The molecule has 0 amide bonds. The van der Waals surface area contributed by atoms with Gasteiger partial charge in [0.05, 0.1) is 0 Å². The Morgan fingerprint density at radius 2 is 2.00 bits per heavy atom. The normalized spacial score (nSPS) is 12.5. The van der Waals surface area contributed by atoms with Gasteiger partial charge >= 0.3 is 5.97 Å². The third-order valence-electron chi connectivity index (χ3n) is 2.62. The predicted octanol–water partition coefficient (Wildman–Crippen LogP) is 2.48. The number of oxime groups is 1. The Labute approximate surface area is 136 Å². The number of halogens is 1. The lowest BCUT2D eigenvalue weighted by molar-refractivity contribution is -0.151. The van der Waals surface area contributed by atoms with Crippen molar-refractivity contribution in [3.8, 4) is 5.75 Å². The first-order valence-electron chi connectivity index (χ1n) is 6.44. The Balaban J connectivity index is 1.92. The fourth-order valence-electron chi connectivity index (χ4n) is 1.49. The van der Waals surface area contributed by atoms with Crippen molar-refractivity contribution in [3.05, 3.63) is 58.8 Å². The van der Waals surface area contributed by atoms with Crippen LogP contribution in [0.5, 0.6) is 5.75 Å². The van der Waals surface area contributed by atoms with Crippen molar-refractivity contribution in [2.75, 3.05) is 0 Å². The van der Waals surface area contributed by atoms with Crippen LogP contribution in [0.1, 0.15) is 12.6 Å². The third kappa shape index (κ3) is 4.56. The van der Waals surface area contributed by atoms with E-state index in [0.29, 0.717) is 11.4 Å². The minimum absolute atomic E-state index is 0.0183. The number of pyridine rings is 1. The average molecular weight is 364 g/mol. The Morgan fingerprint density at radius 1 is 1.27 bits per heavy atom. The number of benzene rings is 1. The van der Waals surface area contributed by atoms with E-state index in [1.807, 2.05) is 12.1 Å². The van der Waals surface area contributed by atoms with Crippen LogP contribution in [0.2, 0.25) is 0 Å². The number of carbonyl (C=O) groups is 1. The molecule has 0 aliphatic heterocycles. The van der Waals surface area contributed by atoms with E-state index in [1.165, 1.54) is 0 Å². The molecular weight excluding hydrogens is 350 g/mol. The highest BCUT2D eigenvalue weighted by Gasteiger charge is 2.17. The number of rotatable bonds is 5. The van der Waals surface area contributed by atoms with E-state index in [1.54, 1.807) is 43.5 Å². The summed E-state index contributed by atoms with van der Waals surface area (Å²) in [4.78, 5) is 20.6. The lowest BCUT2D eigenvalue weighted by Crippen LogP contribution is -2.26. The topological polar surface area (TPSA) is 86.8 Å². The molecule has 2 aromatic rings. The van der Waals surface area contributed by atoms with E-state index >= 15 is 0 Å². The highest BCUT2D eigenvalue weighted by molar-refractivity contribution is 9.10. The van der Waals surface area contributed by atoms with Crippen LogP contribution in [-0.4, -0.2) is 22.9 Å². The summed E-state index contributed by atoms with van der Waals surface area (Å²) < 4.78 is 6.37. The zero-order chi connectivity index (χ0) is 15.9. The maximum absolute atomic E-state index is 11.8. The molecule has 2 N–H and O–H groups in total. The van der Waals surface area contributed by atoms with Crippen molar-refractivity contribution in [2.45, 2.75) is 13.0 Å². The number of ether oxygens (including phenoxy) is 1. The van der Waals surface area contributed by atoms with Gasteiger partial charge in [-0.1, -0.05) is 27.2 Å². The molecule has 1 atom stereocenters. The van der Waals surface area contributed by atoms with Crippen LogP contribution in [0.15, 0.2) is 58.3 Å². The van der Waals surface area contributed by atoms with Gasteiger partial charge in [-0.25, -0.2) is 4.79 Å². The number of nitrogens with zero attached hydrogens (tertiary/aromatic N) is 2. The maximum Gasteiger partial charge on any atom is 0.374 e. The molecule has 0 bridgehead atoms. The highest BCUT2D eigenvalue weighted by atomic mass is 79.9. The minimum atomic E-state index is -0.818. The first-order valence-corrected chi connectivity index (χ1v) is 7.23. The molecule has 0 saturated carbocycles. The molecule has 0 radical (unpaired) electrons. The molecule has 1 aromatic heterocycles. The molecule has 0 aliphatic carbocycles. The summed E-state index contributed by atoms with van der Waals surface area (Å²) in [5, 5.41) is 3.57. The zero-order valence-electron chi connectivity index (χ0n) is 11.8. The van der Waals surface area contributed by atoms with Crippen molar-refractivity contribution >= 4 is 27.7 Å². The lowest BCUT2D eigenvalue weighted by atomic mass is 10.3. The minimum Gasteiger partial charge on any atom is -0.479 e. The first-order chi connectivity index (χ1) is 10.6. The molecular formula is C15H14BrN3O3. The van der Waals surface area contributed by atoms with Crippen LogP contribution < -0.4 is 10.5 Å². The molecule has 6 nitrogen and oxygen atoms in total. The van der Waals surface area contributed by atoms with Crippen molar-refractivity contribution in [2.24, 2.45) is 10.9 Å². The largest absolute Gasteiger partial charge is 0.479 e. The van der Waals surface area contributed by atoms with E-state index in [4.69, 9.17) is 15.3 Å². The second-order valence-corrected chi connectivity index (χ2v) is 5.23. The molecule has 1 heterocycles. The van der Waals surface area contributed by atoms with Gasteiger partial charge in [-0.3, -0.25) is 4.98 Å². The van der Waals surface area contributed by atoms with E-state index in [0.717, 1.165) is 4.47 Å². The van der Waals surface area contributed by atoms with Crippen LogP contribution >= 0.6 is 15.9 Å². The van der Waals surface area contributed by atoms with Crippen LogP contribution in [0.25, 0.3) is 0 Å².